The fourth-order valence-corrected chi connectivity index (χ4v) is 3.44. The number of carbonyl (C=O) groups is 2. The van der Waals surface area contributed by atoms with Crippen molar-refractivity contribution in [1.29, 1.82) is 0 Å². The standard InChI is InChI=1S/C21H20Cl3FN4O2/c1-3-7-13-8-6-9-14(12-13)26-19(21(22,23)24)27-17-18(30)29(20(31)28(17)2)16-11-5-4-10-15(16)25/h4-6,8-12,19,26H,3,7H2,1-2H3. The van der Waals surface area contributed by atoms with E-state index in [-0.39, 0.29) is 11.5 Å². The van der Waals surface area contributed by atoms with E-state index in [4.69, 9.17) is 34.8 Å². The minimum Gasteiger partial charge on any atom is -0.360 e. The molecule has 1 aliphatic heterocycles. The molecule has 1 N–H and O–H groups in total. The third kappa shape index (κ3) is 5.11. The Bertz CT molecular complexity index is 1030. The van der Waals surface area contributed by atoms with Gasteiger partial charge in [0.2, 0.25) is 9.63 Å². The van der Waals surface area contributed by atoms with Crippen molar-refractivity contribution in [2.45, 2.75) is 29.7 Å². The Morgan fingerprint density at radius 1 is 1.13 bits per heavy atom. The zero-order valence-corrected chi connectivity index (χ0v) is 19.0. The third-order valence-corrected chi connectivity index (χ3v) is 5.23. The lowest BCUT2D eigenvalue weighted by Crippen LogP contribution is -2.36. The van der Waals surface area contributed by atoms with Crippen molar-refractivity contribution >= 4 is 64.0 Å². The third-order valence-electron chi connectivity index (χ3n) is 4.61. The topological polar surface area (TPSA) is 65.0 Å². The number of urea groups is 1. The van der Waals surface area contributed by atoms with Gasteiger partial charge in [-0.1, -0.05) is 72.4 Å². The minimum absolute atomic E-state index is 0.180. The molecular weight excluding hydrogens is 466 g/mol. The van der Waals surface area contributed by atoms with Crippen LogP contribution in [0.5, 0.6) is 0 Å². The molecule has 164 valence electrons. The molecule has 3 rings (SSSR count). The fraction of sp³-hybridized carbons (Fsp3) is 0.286. The van der Waals surface area contributed by atoms with E-state index in [1.165, 1.54) is 25.2 Å². The van der Waals surface area contributed by atoms with E-state index >= 15 is 0 Å². The van der Waals surface area contributed by atoms with Gasteiger partial charge in [0.15, 0.2) is 6.17 Å². The second-order valence-electron chi connectivity index (χ2n) is 6.93. The number of imide groups is 1. The number of carbonyl (C=O) groups excluding carboxylic acids is 2. The number of amides is 3. The molecule has 2 aromatic carbocycles. The van der Waals surface area contributed by atoms with Gasteiger partial charge in [-0.2, -0.15) is 0 Å². The molecule has 0 aromatic heterocycles. The quantitative estimate of drug-likeness (QED) is 0.441. The van der Waals surface area contributed by atoms with Crippen LogP contribution in [0.25, 0.3) is 0 Å². The Morgan fingerprint density at radius 2 is 1.84 bits per heavy atom. The smallest absolute Gasteiger partial charge is 0.337 e. The van der Waals surface area contributed by atoms with Crippen LogP contribution < -0.4 is 10.2 Å². The molecule has 1 fully saturated rings. The van der Waals surface area contributed by atoms with Crippen molar-refractivity contribution in [2.75, 3.05) is 17.3 Å². The second kappa shape index (κ2) is 9.42. The summed E-state index contributed by atoms with van der Waals surface area (Å²) in [5, 5.41) is 3.00. The zero-order chi connectivity index (χ0) is 22.8. The maximum atomic E-state index is 14.2. The highest BCUT2D eigenvalue weighted by Gasteiger charge is 2.44. The van der Waals surface area contributed by atoms with Crippen molar-refractivity contribution in [3.8, 4) is 0 Å². The lowest BCUT2D eigenvalue weighted by atomic mass is 10.1. The van der Waals surface area contributed by atoms with E-state index < -0.39 is 27.7 Å². The number of likely N-dealkylation sites (N-methyl/N-ethyl adjacent to an activating group) is 1. The number of para-hydroxylation sites is 1. The van der Waals surface area contributed by atoms with Crippen molar-refractivity contribution in [3.05, 3.63) is 59.9 Å². The van der Waals surface area contributed by atoms with Gasteiger partial charge in [-0.15, -0.1) is 0 Å². The van der Waals surface area contributed by atoms with Crippen LogP contribution in [0.1, 0.15) is 18.9 Å². The van der Waals surface area contributed by atoms with Crippen LogP contribution in [-0.4, -0.2) is 39.7 Å². The van der Waals surface area contributed by atoms with Gasteiger partial charge in [0, 0.05) is 12.7 Å². The Labute approximate surface area is 194 Å². The Balaban J connectivity index is 1.95. The normalized spacial score (nSPS) is 16.9. The molecule has 31 heavy (non-hydrogen) atoms. The number of rotatable bonds is 6. The summed E-state index contributed by atoms with van der Waals surface area (Å²) in [5.74, 6) is -1.82. The first-order valence-corrected chi connectivity index (χ1v) is 10.6. The molecule has 6 nitrogen and oxygen atoms in total. The van der Waals surface area contributed by atoms with Gasteiger partial charge in [0.1, 0.15) is 5.82 Å². The van der Waals surface area contributed by atoms with Crippen LogP contribution in [-0.2, 0) is 11.2 Å². The SMILES string of the molecule is CCCc1cccc(NC(N=C2C(=O)N(c3ccccc3F)C(=O)N2C)C(Cl)(Cl)Cl)c1. The fourth-order valence-electron chi connectivity index (χ4n) is 3.13. The van der Waals surface area contributed by atoms with E-state index in [2.05, 4.69) is 17.2 Å². The summed E-state index contributed by atoms with van der Waals surface area (Å²) in [5.41, 5.74) is 1.54. The molecule has 1 atom stereocenters. The van der Waals surface area contributed by atoms with Crippen LogP contribution >= 0.6 is 34.8 Å². The number of hydrogen-bond donors (Lipinski definition) is 1. The summed E-state index contributed by atoms with van der Waals surface area (Å²) in [6.07, 6.45) is 0.645. The molecule has 2 aromatic rings. The van der Waals surface area contributed by atoms with Crippen LogP contribution in [0.15, 0.2) is 53.5 Å². The van der Waals surface area contributed by atoms with Gasteiger partial charge in [0.25, 0.3) is 0 Å². The number of aliphatic imine (C=N–C) groups is 1. The predicted octanol–water partition coefficient (Wildman–Crippen LogP) is 5.38. The van der Waals surface area contributed by atoms with Crippen molar-refractivity contribution in [2.24, 2.45) is 4.99 Å². The monoisotopic (exact) mass is 484 g/mol. The molecule has 0 saturated carbocycles. The largest absolute Gasteiger partial charge is 0.360 e. The molecule has 3 amide bonds. The lowest BCUT2D eigenvalue weighted by Gasteiger charge is -2.24. The van der Waals surface area contributed by atoms with Crippen LogP contribution in [0.4, 0.5) is 20.6 Å². The number of aryl methyl sites for hydroxylation is 1. The summed E-state index contributed by atoms with van der Waals surface area (Å²) in [7, 11) is 1.34. The number of nitrogens with one attached hydrogen (secondary N) is 1. The van der Waals surface area contributed by atoms with Gasteiger partial charge in [-0.3, -0.25) is 9.69 Å². The van der Waals surface area contributed by atoms with Gasteiger partial charge in [-0.25, -0.2) is 19.1 Å². The van der Waals surface area contributed by atoms with E-state index in [1.807, 2.05) is 18.2 Å². The summed E-state index contributed by atoms with van der Waals surface area (Å²) in [4.78, 5) is 31.5. The zero-order valence-electron chi connectivity index (χ0n) is 16.8. The Morgan fingerprint density at radius 3 is 2.48 bits per heavy atom. The molecule has 0 bridgehead atoms. The number of amidine groups is 1. The van der Waals surface area contributed by atoms with Crippen molar-refractivity contribution in [1.82, 2.24) is 4.90 Å². The van der Waals surface area contributed by atoms with Crippen LogP contribution in [0, 0.1) is 5.82 Å². The van der Waals surface area contributed by atoms with E-state index in [9.17, 15) is 14.0 Å². The van der Waals surface area contributed by atoms with Gasteiger partial charge in [-0.05, 0) is 36.2 Å². The van der Waals surface area contributed by atoms with Crippen LogP contribution in [0.3, 0.4) is 0 Å². The first-order valence-electron chi connectivity index (χ1n) is 9.50. The minimum atomic E-state index is -1.94. The van der Waals surface area contributed by atoms with Gasteiger partial charge >= 0.3 is 11.9 Å². The highest BCUT2D eigenvalue weighted by atomic mass is 35.6. The average Bonchev–Trinajstić information content (AvgIpc) is 2.91. The second-order valence-corrected chi connectivity index (χ2v) is 9.29. The maximum Gasteiger partial charge on any atom is 0.337 e. The molecule has 1 aliphatic rings. The van der Waals surface area contributed by atoms with E-state index in [0.29, 0.717) is 10.6 Å². The number of anilines is 2. The number of benzene rings is 2. The predicted molar refractivity (Wildman–Crippen MR) is 123 cm³/mol. The summed E-state index contributed by atoms with van der Waals surface area (Å²) >= 11 is 18.3. The first-order chi connectivity index (χ1) is 14.6. The number of alkyl halides is 3. The summed E-state index contributed by atoms with van der Waals surface area (Å²) in [6.45, 7) is 2.07. The number of halogens is 4. The molecule has 10 heteroatoms. The molecule has 1 unspecified atom stereocenters. The maximum absolute atomic E-state index is 14.2. The Hall–Kier alpha value is -2.35. The number of hydrogen-bond acceptors (Lipinski definition) is 4. The highest BCUT2D eigenvalue weighted by molar-refractivity contribution is 6.68. The molecule has 1 heterocycles. The van der Waals surface area contributed by atoms with Gasteiger partial charge < -0.3 is 5.32 Å². The van der Waals surface area contributed by atoms with E-state index in [1.54, 1.807) is 6.07 Å². The van der Waals surface area contributed by atoms with Crippen LogP contribution in [0.2, 0.25) is 0 Å². The van der Waals surface area contributed by atoms with Crippen molar-refractivity contribution < 1.29 is 14.0 Å². The summed E-state index contributed by atoms with van der Waals surface area (Å²) < 4.78 is 12.3. The lowest BCUT2D eigenvalue weighted by molar-refractivity contribution is -0.111. The average molecular weight is 486 g/mol. The Kier molecular flexibility index (Phi) is 7.09. The van der Waals surface area contributed by atoms with E-state index in [0.717, 1.165) is 29.4 Å². The number of nitrogens with zero attached hydrogens (tertiary/aromatic N) is 3. The highest BCUT2D eigenvalue weighted by Crippen LogP contribution is 2.34. The molecule has 0 aliphatic carbocycles. The van der Waals surface area contributed by atoms with Gasteiger partial charge in [0.05, 0.1) is 5.69 Å². The molecule has 0 spiro atoms. The molecule has 0 radical (unpaired) electrons. The molecular formula is C21H20Cl3FN4O2. The first kappa shape index (κ1) is 23.3. The summed E-state index contributed by atoms with van der Waals surface area (Å²) in [6, 6.07) is 12.2. The van der Waals surface area contributed by atoms with Crippen molar-refractivity contribution in [3.63, 3.8) is 0 Å². The molecule has 1 saturated heterocycles.